The molecule has 2 nitrogen and oxygen atoms in total. The largest absolute Gasteiger partial charge is 0.311 e. The van der Waals surface area contributed by atoms with Crippen LogP contribution in [-0.4, -0.2) is 36.1 Å². The van der Waals surface area contributed by atoms with Gasteiger partial charge in [-0.25, -0.2) is 0 Å². The first kappa shape index (κ1) is 11.4. The van der Waals surface area contributed by atoms with Crippen molar-refractivity contribution in [3.05, 3.63) is 0 Å². The summed E-state index contributed by atoms with van der Waals surface area (Å²) in [4.78, 5) is 2.74. The quantitative estimate of drug-likeness (QED) is 0.768. The van der Waals surface area contributed by atoms with Crippen LogP contribution >= 0.6 is 0 Å². The number of nitrogens with one attached hydrogen (secondary N) is 1. The van der Waals surface area contributed by atoms with Crippen LogP contribution in [0.4, 0.5) is 0 Å². The Hall–Kier alpha value is -0.0800. The molecule has 0 bridgehead atoms. The van der Waals surface area contributed by atoms with Crippen molar-refractivity contribution < 1.29 is 0 Å². The van der Waals surface area contributed by atoms with Crippen molar-refractivity contribution in [1.29, 1.82) is 0 Å². The Morgan fingerprint density at radius 3 is 2.67 bits per heavy atom. The van der Waals surface area contributed by atoms with Crippen LogP contribution in [-0.2, 0) is 0 Å². The van der Waals surface area contributed by atoms with Crippen LogP contribution in [0.15, 0.2) is 0 Å². The summed E-state index contributed by atoms with van der Waals surface area (Å²) >= 11 is 0. The molecule has 0 aromatic rings. The maximum atomic E-state index is 3.66. The van der Waals surface area contributed by atoms with E-state index in [4.69, 9.17) is 0 Å². The Balaban J connectivity index is 1.86. The Kier molecular flexibility index (Phi) is 3.36. The fourth-order valence-electron chi connectivity index (χ4n) is 3.05. The van der Waals surface area contributed by atoms with Gasteiger partial charge in [0.05, 0.1) is 0 Å². The van der Waals surface area contributed by atoms with Crippen LogP contribution < -0.4 is 5.32 Å². The summed E-state index contributed by atoms with van der Waals surface area (Å²) in [6, 6.07) is 0.733. The van der Waals surface area contributed by atoms with E-state index < -0.39 is 0 Å². The molecule has 2 fully saturated rings. The van der Waals surface area contributed by atoms with Gasteiger partial charge in [0.25, 0.3) is 0 Å². The van der Waals surface area contributed by atoms with E-state index in [2.05, 4.69) is 31.0 Å². The third-order valence-corrected chi connectivity index (χ3v) is 4.21. The van der Waals surface area contributed by atoms with Gasteiger partial charge in [-0.05, 0) is 38.5 Å². The SMILES string of the molecule is CC(C)CC1CN(C2(C)CCC2)CCN1. The van der Waals surface area contributed by atoms with Crippen molar-refractivity contribution in [3.63, 3.8) is 0 Å². The number of hydrogen-bond donors (Lipinski definition) is 1. The Morgan fingerprint density at radius 2 is 2.13 bits per heavy atom. The first-order valence-corrected chi connectivity index (χ1v) is 6.58. The molecule has 1 unspecified atom stereocenters. The van der Waals surface area contributed by atoms with E-state index in [1.54, 1.807) is 0 Å². The number of piperazine rings is 1. The molecule has 1 N–H and O–H groups in total. The topological polar surface area (TPSA) is 15.3 Å². The number of rotatable bonds is 3. The van der Waals surface area contributed by atoms with Gasteiger partial charge in [0, 0.05) is 31.2 Å². The highest BCUT2D eigenvalue weighted by Crippen LogP contribution is 2.37. The third-order valence-electron chi connectivity index (χ3n) is 4.21. The number of nitrogens with zero attached hydrogens (tertiary/aromatic N) is 1. The second-order valence-electron chi connectivity index (χ2n) is 6.08. The van der Waals surface area contributed by atoms with E-state index >= 15 is 0 Å². The molecular formula is C13H26N2. The molecule has 88 valence electrons. The molecule has 0 radical (unpaired) electrons. The van der Waals surface area contributed by atoms with E-state index in [1.165, 1.54) is 45.3 Å². The lowest BCUT2D eigenvalue weighted by atomic mass is 9.76. The molecule has 1 saturated carbocycles. The molecule has 1 heterocycles. The summed E-state index contributed by atoms with van der Waals surface area (Å²) in [6.45, 7) is 10.8. The lowest BCUT2D eigenvalue weighted by Crippen LogP contribution is -2.61. The van der Waals surface area contributed by atoms with E-state index in [-0.39, 0.29) is 0 Å². The molecule has 0 amide bonds. The third kappa shape index (κ3) is 2.54. The van der Waals surface area contributed by atoms with Crippen molar-refractivity contribution in [2.75, 3.05) is 19.6 Å². The summed E-state index contributed by atoms with van der Waals surface area (Å²) in [5, 5.41) is 3.66. The molecule has 2 aliphatic rings. The average Bonchev–Trinajstić information content (AvgIpc) is 2.13. The van der Waals surface area contributed by atoms with Crippen LogP contribution in [0.2, 0.25) is 0 Å². The summed E-state index contributed by atoms with van der Waals surface area (Å²) in [5.74, 6) is 0.816. The standard InChI is InChI=1S/C13H26N2/c1-11(2)9-12-10-15(8-7-14-12)13(3)5-4-6-13/h11-12,14H,4-10H2,1-3H3. The zero-order valence-electron chi connectivity index (χ0n) is 10.6. The molecule has 0 spiro atoms. The fraction of sp³-hybridized carbons (Fsp3) is 1.00. The van der Waals surface area contributed by atoms with Crippen molar-refractivity contribution in [3.8, 4) is 0 Å². The normalized spacial score (nSPS) is 31.6. The van der Waals surface area contributed by atoms with E-state index in [9.17, 15) is 0 Å². The predicted octanol–water partition coefficient (Wildman–Crippen LogP) is 2.25. The van der Waals surface area contributed by atoms with Gasteiger partial charge in [-0.2, -0.15) is 0 Å². The van der Waals surface area contributed by atoms with E-state index in [0.717, 1.165) is 12.0 Å². The molecule has 1 saturated heterocycles. The summed E-state index contributed by atoms with van der Waals surface area (Å²) < 4.78 is 0. The molecular weight excluding hydrogens is 184 g/mol. The lowest BCUT2D eigenvalue weighted by molar-refractivity contribution is 0.00764. The Morgan fingerprint density at radius 1 is 1.40 bits per heavy atom. The highest BCUT2D eigenvalue weighted by molar-refractivity contribution is 4.97. The van der Waals surface area contributed by atoms with Crippen LogP contribution in [0.1, 0.15) is 46.5 Å². The second kappa shape index (κ2) is 4.42. The maximum absolute atomic E-state index is 3.66. The summed E-state index contributed by atoms with van der Waals surface area (Å²) in [5.41, 5.74) is 0.553. The molecule has 15 heavy (non-hydrogen) atoms. The molecule has 0 aromatic heterocycles. The van der Waals surface area contributed by atoms with Gasteiger partial charge in [0.1, 0.15) is 0 Å². The predicted molar refractivity (Wildman–Crippen MR) is 65.1 cm³/mol. The van der Waals surface area contributed by atoms with Gasteiger partial charge in [-0.1, -0.05) is 13.8 Å². The van der Waals surface area contributed by atoms with Gasteiger partial charge in [-0.15, -0.1) is 0 Å². The first-order valence-electron chi connectivity index (χ1n) is 6.58. The second-order valence-corrected chi connectivity index (χ2v) is 6.08. The minimum atomic E-state index is 0.553. The highest BCUT2D eigenvalue weighted by atomic mass is 15.3. The van der Waals surface area contributed by atoms with Gasteiger partial charge >= 0.3 is 0 Å². The average molecular weight is 210 g/mol. The molecule has 1 aliphatic carbocycles. The van der Waals surface area contributed by atoms with Gasteiger partial charge in [-0.3, -0.25) is 4.90 Å². The van der Waals surface area contributed by atoms with Crippen molar-refractivity contribution in [2.45, 2.75) is 58.0 Å². The van der Waals surface area contributed by atoms with Gasteiger partial charge in [0.15, 0.2) is 0 Å². The molecule has 1 aliphatic heterocycles. The minimum Gasteiger partial charge on any atom is -0.311 e. The smallest absolute Gasteiger partial charge is 0.0198 e. The van der Waals surface area contributed by atoms with E-state index in [1.807, 2.05) is 0 Å². The van der Waals surface area contributed by atoms with Gasteiger partial charge in [0.2, 0.25) is 0 Å². The summed E-state index contributed by atoms with van der Waals surface area (Å²) in [6.07, 6.45) is 5.60. The van der Waals surface area contributed by atoms with Gasteiger partial charge < -0.3 is 5.32 Å². The van der Waals surface area contributed by atoms with Crippen LogP contribution in [0.3, 0.4) is 0 Å². The summed E-state index contributed by atoms with van der Waals surface area (Å²) in [7, 11) is 0. The first-order chi connectivity index (χ1) is 7.10. The Bertz CT molecular complexity index is 209. The van der Waals surface area contributed by atoms with Crippen LogP contribution in [0.25, 0.3) is 0 Å². The molecule has 1 atom stereocenters. The van der Waals surface area contributed by atoms with Crippen molar-refractivity contribution in [1.82, 2.24) is 10.2 Å². The zero-order chi connectivity index (χ0) is 10.9. The highest BCUT2D eigenvalue weighted by Gasteiger charge is 2.39. The lowest BCUT2D eigenvalue weighted by Gasteiger charge is -2.51. The monoisotopic (exact) mass is 210 g/mol. The Labute approximate surface area is 94.4 Å². The van der Waals surface area contributed by atoms with E-state index in [0.29, 0.717) is 5.54 Å². The fourth-order valence-corrected chi connectivity index (χ4v) is 3.05. The van der Waals surface area contributed by atoms with Crippen LogP contribution in [0, 0.1) is 5.92 Å². The molecule has 2 heteroatoms. The van der Waals surface area contributed by atoms with Crippen LogP contribution in [0.5, 0.6) is 0 Å². The van der Waals surface area contributed by atoms with Crippen molar-refractivity contribution >= 4 is 0 Å². The van der Waals surface area contributed by atoms with Crippen molar-refractivity contribution in [2.24, 2.45) is 5.92 Å². The zero-order valence-corrected chi connectivity index (χ0v) is 10.6. The minimum absolute atomic E-state index is 0.553. The molecule has 2 rings (SSSR count). The number of hydrogen-bond acceptors (Lipinski definition) is 2. The molecule has 0 aromatic carbocycles. The maximum Gasteiger partial charge on any atom is 0.0198 e.